The molecule has 6 bridgehead atoms. The number of cyclic esters (lactones) is 1. The highest BCUT2D eigenvalue weighted by atomic mass is 16.5. The van der Waals surface area contributed by atoms with Gasteiger partial charge in [-0.25, -0.2) is 5.43 Å². The van der Waals surface area contributed by atoms with Crippen molar-refractivity contribution >= 4 is 40.5 Å². The van der Waals surface area contributed by atoms with Crippen LogP contribution in [0.4, 0.5) is 0 Å². The SMILES string of the molecule is C=CC(=O)N1CCC(O)(C(=O)N(C)[C@H](C(=O)N[C@H]2Cc3cc(O)cc(c3)-c3ccc4c(c3)c(c(-c3cccnc3)n4C(C)(C)C#N)CC(C)(C)COC(=O)[C@@H]3CCCN(N3)C2=O)C(C)C)C1. The second-order valence-corrected chi connectivity index (χ2v) is 19.6. The number of aliphatic hydroxyl groups is 1. The summed E-state index contributed by atoms with van der Waals surface area (Å²) < 4.78 is 8.07. The van der Waals surface area contributed by atoms with Crippen LogP contribution in [0.25, 0.3) is 33.3 Å². The average Bonchev–Trinajstić information content (AvgIpc) is 3.85. The number of carbonyl (C=O) groups is 5. The van der Waals surface area contributed by atoms with Crippen molar-refractivity contribution < 1.29 is 38.9 Å². The van der Waals surface area contributed by atoms with E-state index >= 15 is 0 Å². The number of aromatic hydroxyl groups is 1. The minimum absolute atomic E-state index is 0.0333. The Bertz CT molecular complexity index is 2620. The van der Waals surface area contributed by atoms with E-state index in [0.717, 1.165) is 39.4 Å². The predicted octanol–water partition coefficient (Wildman–Crippen LogP) is 4.62. The van der Waals surface area contributed by atoms with Crippen molar-refractivity contribution in [2.24, 2.45) is 11.3 Å². The number of pyridine rings is 1. The van der Waals surface area contributed by atoms with E-state index in [2.05, 4.69) is 28.4 Å². The second kappa shape index (κ2) is 18.4. The number of phenolic OH excluding ortho intramolecular Hbond substituents is 1. The number of rotatable bonds is 8. The van der Waals surface area contributed by atoms with Gasteiger partial charge < -0.3 is 34.6 Å². The van der Waals surface area contributed by atoms with Crippen molar-refractivity contribution in [2.75, 3.05) is 33.3 Å². The molecular weight excluding hydrogens is 841 g/mol. The molecule has 0 saturated carbocycles. The van der Waals surface area contributed by atoms with Gasteiger partial charge in [-0.05, 0) is 104 Å². The summed E-state index contributed by atoms with van der Waals surface area (Å²) in [5.41, 5.74) is 4.72. The monoisotopic (exact) mass is 900 g/mol. The molecule has 4 aromatic rings. The average molecular weight is 901 g/mol. The molecule has 0 radical (unpaired) electrons. The lowest BCUT2D eigenvalue weighted by Gasteiger charge is -2.37. The van der Waals surface area contributed by atoms with E-state index in [1.54, 1.807) is 32.3 Å². The number of aromatic nitrogens is 2. The van der Waals surface area contributed by atoms with E-state index in [9.17, 15) is 39.4 Å². The Balaban J connectivity index is 1.32. The minimum atomic E-state index is -1.94. The van der Waals surface area contributed by atoms with Gasteiger partial charge in [-0.1, -0.05) is 46.4 Å². The number of fused-ring (bicyclic) bond motifs is 6. The molecule has 4 atom stereocenters. The van der Waals surface area contributed by atoms with Crippen LogP contribution < -0.4 is 10.7 Å². The Morgan fingerprint density at radius 3 is 2.55 bits per heavy atom. The molecule has 4 amide bonds. The molecule has 3 aliphatic rings. The van der Waals surface area contributed by atoms with E-state index in [1.165, 1.54) is 27.9 Å². The van der Waals surface area contributed by atoms with Gasteiger partial charge in [0.15, 0.2) is 5.60 Å². The van der Waals surface area contributed by atoms with Crippen molar-refractivity contribution in [3.05, 3.63) is 84.7 Å². The maximum Gasteiger partial charge on any atom is 0.324 e. The number of β-amino-alcohol motifs (C(OH)–C–C–N with tert-alkyl or cyclic N) is 1. The van der Waals surface area contributed by atoms with E-state index < -0.39 is 70.2 Å². The quantitative estimate of drug-likeness (QED) is 0.142. The molecule has 0 aliphatic carbocycles. The molecule has 1 unspecified atom stereocenters. The van der Waals surface area contributed by atoms with Gasteiger partial charge in [0.2, 0.25) is 11.8 Å². The molecule has 2 fully saturated rings. The molecule has 16 nitrogen and oxygen atoms in total. The van der Waals surface area contributed by atoms with Gasteiger partial charge in [0.05, 0.1) is 30.4 Å². The highest BCUT2D eigenvalue weighted by Crippen LogP contribution is 2.43. The van der Waals surface area contributed by atoms with Crippen molar-refractivity contribution in [1.82, 2.24) is 35.1 Å². The van der Waals surface area contributed by atoms with Gasteiger partial charge in [-0.15, -0.1) is 0 Å². The number of hydrogen-bond acceptors (Lipinski definition) is 11. The first-order valence-corrected chi connectivity index (χ1v) is 22.5. The Hall–Kier alpha value is -6.57. The second-order valence-electron chi connectivity index (χ2n) is 19.6. The van der Waals surface area contributed by atoms with Gasteiger partial charge in [-0.2, -0.15) is 5.26 Å². The summed E-state index contributed by atoms with van der Waals surface area (Å²) in [5.74, 6) is -3.49. The summed E-state index contributed by atoms with van der Waals surface area (Å²) in [7, 11) is 1.41. The van der Waals surface area contributed by atoms with Crippen molar-refractivity contribution in [3.8, 4) is 34.2 Å². The van der Waals surface area contributed by atoms with Crippen molar-refractivity contribution in [2.45, 2.75) is 103 Å². The first kappa shape index (κ1) is 47.4. The summed E-state index contributed by atoms with van der Waals surface area (Å²) >= 11 is 0. The molecular formula is C50H60N8O8. The largest absolute Gasteiger partial charge is 0.508 e. The number of ether oxygens (including phenoxy) is 1. The third-order valence-electron chi connectivity index (χ3n) is 13.0. The van der Waals surface area contributed by atoms with Crippen LogP contribution in [0.5, 0.6) is 5.75 Å². The van der Waals surface area contributed by atoms with Gasteiger partial charge in [0.1, 0.15) is 29.4 Å². The maximum atomic E-state index is 14.7. The van der Waals surface area contributed by atoms with E-state index in [1.807, 2.05) is 68.7 Å². The van der Waals surface area contributed by atoms with Gasteiger partial charge in [0.25, 0.3) is 11.8 Å². The molecule has 2 aromatic carbocycles. The Morgan fingerprint density at radius 2 is 1.86 bits per heavy atom. The Kier molecular flexibility index (Phi) is 13.2. The van der Waals surface area contributed by atoms with E-state index in [-0.39, 0.29) is 44.8 Å². The molecule has 2 saturated heterocycles. The van der Waals surface area contributed by atoms with Gasteiger partial charge >= 0.3 is 5.97 Å². The van der Waals surface area contributed by atoms with Crippen LogP contribution >= 0.6 is 0 Å². The van der Waals surface area contributed by atoms with Crippen LogP contribution in [0.2, 0.25) is 0 Å². The lowest BCUT2D eigenvalue weighted by molar-refractivity contribution is -0.156. The normalized spacial score (nSPS) is 21.7. The van der Waals surface area contributed by atoms with Crippen LogP contribution in [0.3, 0.4) is 0 Å². The third kappa shape index (κ3) is 9.41. The number of carbonyl (C=O) groups excluding carboxylic acids is 5. The fraction of sp³-hybridized carbons (Fsp3) is 0.460. The molecule has 7 rings (SSSR count). The standard InChI is InChI=1S/C50H60N8O8/c1-9-41(60)56-19-16-50(65,28-56)47(64)55(8)42(30(2)3)44(61)53-39-22-31-20-34(23-35(59)21-31)32-14-15-40-36(24-32)37(43(33-12-10-17-52-26-33)58(40)49(6,7)27-51)25-48(4,5)29-66-46(63)38-13-11-18-57(54-38)45(39)62/h9-10,12,14-15,17,20-21,23-24,26,30,38-39,42,54,59,65H,1,11,13,16,18-19,22,25,28-29H2,2-8H3,(H,53,61)/t38-,39-,42-,50?/m0/s1. The topological polar surface area (TPSA) is 210 Å². The molecule has 5 heterocycles. The number of likely N-dealkylation sites (N-methyl/N-ethyl adjacent to an activating group) is 1. The summed E-state index contributed by atoms with van der Waals surface area (Å²) in [6.07, 6.45) is 5.74. The first-order valence-electron chi connectivity index (χ1n) is 22.5. The smallest absolute Gasteiger partial charge is 0.324 e. The van der Waals surface area contributed by atoms with Crippen LogP contribution in [0.1, 0.15) is 71.9 Å². The van der Waals surface area contributed by atoms with Crippen molar-refractivity contribution in [1.29, 1.82) is 5.26 Å². The number of likely N-dealkylation sites (tertiary alicyclic amines) is 1. The number of nitrogens with one attached hydrogen (secondary N) is 2. The number of amides is 4. The fourth-order valence-corrected chi connectivity index (χ4v) is 9.67. The summed E-state index contributed by atoms with van der Waals surface area (Å²) in [6.45, 7) is 14.8. The molecule has 3 aliphatic heterocycles. The molecule has 2 aromatic heterocycles. The van der Waals surface area contributed by atoms with Crippen LogP contribution in [0.15, 0.2) is 73.6 Å². The first-order chi connectivity index (χ1) is 31.2. The number of nitrogens with zero attached hydrogens (tertiary/aromatic N) is 6. The summed E-state index contributed by atoms with van der Waals surface area (Å²) in [4.78, 5) is 76.3. The highest BCUT2D eigenvalue weighted by Gasteiger charge is 2.48. The Morgan fingerprint density at radius 1 is 1.11 bits per heavy atom. The summed E-state index contributed by atoms with van der Waals surface area (Å²) in [6, 6.07) is 13.9. The van der Waals surface area contributed by atoms with Crippen molar-refractivity contribution in [3.63, 3.8) is 0 Å². The fourth-order valence-electron chi connectivity index (χ4n) is 9.67. The minimum Gasteiger partial charge on any atom is -0.508 e. The lowest BCUT2D eigenvalue weighted by atomic mass is 9.84. The number of hydrogen-bond donors (Lipinski definition) is 4. The van der Waals surface area contributed by atoms with Gasteiger partial charge in [0, 0.05) is 61.7 Å². The number of hydrazine groups is 1. The lowest BCUT2D eigenvalue weighted by Crippen LogP contribution is -2.63. The van der Waals surface area contributed by atoms with E-state index in [4.69, 9.17) is 4.74 Å². The van der Waals surface area contributed by atoms with Crippen LogP contribution in [-0.4, -0.2) is 121 Å². The maximum absolute atomic E-state index is 14.7. The van der Waals surface area contributed by atoms with Gasteiger partial charge in [-0.3, -0.25) is 34.0 Å². The van der Waals surface area contributed by atoms with E-state index in [0.29, 0.717) is 30.4 Å². The zero-order chi connectivity index (χ0) is 47.9. The molecule has 4 N–H and O–H groups in total. The molecule has 66 heavy (non-hydrogen) atoms. The number of phenols is 1. The summed E-state index contributed by atoms with van der Waals surface area (Å²) in [5, 5.41) is 38.4. The number of benzene rings is 2. The molecule has 0 spiro atoms. The zero-order valence-electron chi connectivity index (χ0n) is 38.8. The zero-order valence-corrected chi connectivity index (χ0v) is 38.8. The van der Waals surface area contributed by atoms with Crippen LogP contribution in [-0.2, 0) is 47.1 Å². The Labute approximate surface area is 385 Å². The third-order valence-corrected chi connectivity index (χ3v) is 13.0. The molecule has 16 heteroatoms. The number of esters is 1. The predicted molar refractivity (Wildman–Crippen MR) is 247 cm³/mol. The number of nitriles is 1. The molecule has 348 valence electrons. The van der Waals surface area contributed by atoms with Crippen LogP contribution in [0, 0.1) is 22.7 Å². The highest BCUT2D eigenvalue weighted by molar-refractivity contribution is 5.97.